The predicted octanol–water partition coefficient (Wildman–Crippen LogP) is 0.796. The Kier molecular flexibility index (Phi) is 6.68. The third kappa shape index (κ3) is 4.75. The van der Waals surface area contributed by atoms with E-state index < -0.39 is 12.1 Å². The lowest BCUT2D eigenvalue weighted by atomic mass is 10.1. The standard InChI is InChI=1S/C15H22N2O4/c1-4-17(5-2)12-8-6-11(7-9-12)14(19)16-10-13(18)15(20)21-3/h6-9,13,18H,4-5,10H2,1-3H3,(H,16,19). The molecule has 1 atom stereocenters. The summed E-state index contributed by atoms with van der Waals surface area (Å²) in [4.78, 5) is 25.1. The second-order valence-corrected chi connectivity index (χ2v) is 4.47. The Hall–Kier alpha value is -2.08. The smallest absolute Gasteiger partial charge is 0.336 e. The Balaban J connectivity index is 2.61. The summed E-state index contributed by atoms with van der Waals surface area (Å²) in [6, 6.07) is 7.18. The van der Waals surface area contributed by atoms with E-state index in [-0.39, 0.29) is 12.5 Å². The summed E-state index contributed by atoms with van der Waals surface area (Å²) in [5.74, 6) is -1.11. The molecule has 0 aliphatic rings. The van der Waals surface area contributed by atoms with Gasteiger partial charge in [-0.25, -0.2) is 4.79 Å². The van der Waals surface area contributed by atoms with Crippen LogP contribution in [0.25, 0.3) is 0 Å². The molecule has 0 aliphatic heterocycles. The summed E-state index contributed by atoms with van der Waals surface area (Å²) in [7, 11) is 1.18. The van der Waals surface area contributed by atoms with Gasteiger partial charge in [0.15, 0.2) is 6.10 Å². The number of ether oxygens (including phenoxy) is 1. The molecule has 1 aromatic rings. The first-order valence-corrected chi connectivity index (χ1v) is 6.92. The van der Waals surface area contributed by atoms with Crippen molar-refractivity contribution in [3.63, 3.8) is 0 Å². The van der Waals surface area contributed by atoms with E-state index in [1.165, 1.54) is 7.11 Å². The van der Waals surface area contributed by atoms with Crippen molar-refractivity contribution in [3.05, 3.63) is 29.8 Å². The second kappa shape index (κ2) is 8.26. The van der Waals surface area contributed by atoms with E-state index in [1.54, 1.807) is 12.1 Å². The fourth-order valence-corrected chi connectivity index (χ4v) is 1.92. The van der Waals surface area contributed by atoms with Gasteiger partial charge in [-0.1, -0.05) is 0 Å². The molecule has 2 N–H and O–H groups in total. The molecule has 0 heterocycles. The number of nitrogens with one attached hydrogen (secondary N) is 1. The van der Waals surface area contributed by atoms with Crippen LogP contribution < -0.4 is 10.2 Å². The lowest BCUT2D eigenvalue weighted by molar-refractivity contribution is -0.149. The number of hydrogen-bond donors (Lipinski definition) is 2. The molecule has 6 heteroatoms. The van der Waals surface area contributed by atoms with E-state index in [0.717, 1.165) is 18.8 Å². The highest BCUT2D eigenvalue weighted by Gasteiger charge is 2.16. The summed E-state index contributed by atoms with van der Waals surface area (Å²) >= 11 is 0. The number of methoxy groups -OCH3 is 1. The summed E-state index contributed by atoms with van der Waals surface area (Å²) in [6.45, 7) is 5.75. The molecule has 0 fully saturated rings. The van der Waals surface area contributed by atoms with Gasteiger partial charge < -0.3 is 20.1 Å². The Labute approximate surface area is 124 Å². The van der Waals surface area contributed by atoms with Crippen LogP contribution in [-0.2, 0) is 9.53 Å². The van der Waals surface area contributed by atoms with Crippen LogP contribution >= 0.6 is 0 Å². The van der Waals surface area contributed by atoms with Crippen LogP contribution in [0.3, 0.4) is 0 Å². The van der Waals surface area contributed by atoms with Crippen molar-refractivity contribution in [1.29, 1.82) is 0 Å². The Morgan fingerprint density at radius 1 is 1.24 bits per heavy atom. The monoisotopic (exact) mass is 294 g/mol. The normalized spacial score (nSPS) is 11.6. The van der Waals surface area contributed by atoms with Crippen LogP contribution in [0.15, 0.2) is 24.3 Å². The van der Waals surface area contributed by atoms with Crippen molar-refractivity contribution in [2.24, 2.45) is 0 Å². The third-order valence-electron chi connectivity index (χ3n) is 3.19. The third-order valence-corrected chi connectivity index (χ3v) is 3.19. The van der Waals surface area contributed by atoms with Crippen molar-refractivity contribution in [2.75, 3.05) is 31.6 Å². The minimum absolute atomic E-state index is 0.177. The van der Waals surface area contributed by atoms with Gasteiger partial charge >= 0.3 is 5.97 Å². The number of carbonyl (C=O) groups excluding carboxylic acids is 2. The summed E-state index contributed by atoms with van der Waals surface area (Å²) in [5, 5.41) is 11.9. The number of rotatable bonds is 7. The van der Waals surface area contributed by atoms with Gasteiger partial charge in [-0.05, 0) is 38.1 Å². The molecule has 0 saturated heterocycles. The summed E-state index contributed by atoms with van der Waals surface area (Å²) in [5.41, 5.74) is 1.52. The first kappa shape index (κ1) is 17.0. The number of esters is 1. The molecule has 1 aromatic carbocycles. The molecule has 0 radical (unpaired) electrons. The van der Waals surface area contributed by atoms with Crippen molar-refractivity contribution in [3.8, 4) is 0 Å². The lowest BCUT2D eigenvalue weighted by Crippen LogP contribution is -2.37. The molecule has 0 bridgehead atoms. The van der Waals surface area contributed by atoms with Crippen molar-refractivity contribution in [1.82, 2.24) is 5.32 Å². The van der Waals surface area contributed by atoms with Gasteiger partial charge in [-0.3, -0.25) is 4.79 Å². The maximum Gasteiger partial charge on any atom is 0.336 e. The van der Waals surface area contributed by atoms with Crippen LogP contribution in [0.1, 0.15) is 24.2 Å². The van der Waals surface area contributed by atoms with Gasteiger partial charge in [0.2, 0.25) is 0 Å². The van der Waals surface area contributed by atoms with Gasteiger partial charge in [-0.15, -0.1) is 0 Å². The van der Waals surface area contributed by atoms with E-state index in [0.29, 0.717) is 5.56 Å². The molecule has 0 aliphatic carbocycles. The number of anilines is 1. The lowest BCUT2D eigenvalue weighted by Gasteiger charge is -2.21. The number of nitrogens with zero attached hydrogens (tertiary/aromatic N) is 1. The van der Waals surface area contributed by atoms with Gasteiger partial charge in [0.25, 0.3) is 5.91 Å². The van der Waals surface area contributed by atoms with Gasteiger partial charge in [0.1, 0.15) is 0 Å². The average Bonchev–Trinajstić information content (AvgIpc) is 2.53. The molecule has 1 rings (SSSR count). The summed E-state index contributed by atoms with van der Waals surface area (Å²) < 4.78 is 4.37. The molecule has 6 nitrogen and oxygen atoms in total. The number of carbonyl (C=O) groups is 2. The number of aliphatic hydroxyl groups excluding tert-OH is 1. The van der Waals surface area contributed by atoms with E-state index in [4.69, 9.17) is 0 Å². The second-order valence-electron chi connectivity index (χ2n) is 4.47. The number of amides is 1. The Morgan fingerprint density at radius 2 is 1.81 bits per heavy atom. The van der Waals surface area contributed by atoms with Crippen molar-refractivity contribution in [2.45, 2.75) is 20.0 Å². The van der Waals surface area contributed by atoms with E-state index >= 15 is 0 Å². The fourth-order valence-electron chi connectivity index (χ4n) is 1.92. The molecule has 21 heavy (non-hydrogen) atoms. The van der Waals surface area contributed by atoms with Crippen LogP contribution in [0, 0.1) is 0 Å². The predicted molar refractivity (Wildman–Crippen MR) is 80.4 cm³/mol. The minimum Gasteiger partial charge on any atom is -0.467 e. The zero-order valence-electron chi connectivity index (χ0n) is 12.6. The first-order valence-electron chi connectivity index (χ1n) is 6.92. The Morgan fingerprint density at radius 3 is 2.29 bits per heavy atom. The zero-order valence-corrected chi connectivity index (χ0v) is 12.6. The first-order chi connectivity index (χ1) is 10.0. The largest absolute Gasteiger partial charge is 0.467 e. The molecule has 0 spiro atoms. The number of hydrogen-bond acceptors (Lipinski definition) is 5. The number of benzene rings is 1. The topological polar surface area (TPSA) is 78.9 Å². The molecular weight excluding hydrogens is 272 g/mol. The van der Waals surface area contributed by atoms with E-state index in [1.807, 2.05) is 12.1 Å². The molecule has 0 aromatic heterocycles. The molecule has 0 saturated carbocycles. The van der Waals surface area contributed by atoms with Gasteiger partial charge in [-0.2, -0.15) is 0 Å². The maximum atomic E-state index is 11.9. The zero-order chi connectivity index (χ0) is 15.8. The van der Waals surface area contributed by atoms with Crippen LogP contribution in [0.2, 0.25) is 0 Å². The van der Waals surface area contributed by atoms with Crippen molar-refractivity contribution >= 4 is 17.6 Å². The quantitative estimate of drug-likeness (QED) is 0.727. The van der Waals surface area contributed by atoms with Gasteiger partial charge in [0, 0.05) is 24.3 Å². The maximum absolute atomic E-state index is 11.9. The van der Waals surface area contributed by atoms with E-state index in [9.17, 15) is 14.7 Å². The average molecular weight is 294 g/mol. The molecule has 116 valence electrons. The molecular formula is C15H22N2O4. The highest BCUT2D eigenvalue weighted by Crippen LogP contribution is 2.14. The molecule has 1 unspecified atom stereocenters. The van der Waals surface area contributed by atoms with Crippen LogP contribution in [0.5, 0.6) is 0 Å². The van der Waals surface area contributed by atoms with Crippen LogP contribution in [0.4, 0.5) is 5.69 Å². The SMILES string of the molecule is CCN(CC)c1ccc(C(=O)NCC(O)C(=O)OC)cc1. The van der Waals surface area contributed by atoms with E-state index in [2.05, 4.69) is 28.8 Å². The van der Waals surface area contributed by atoms with Gasteiger partial charge in [0.05, 0.1) is 13.7 Å². The van der Waals surface area contributed by atoms with Crippen LogP contribution in [-0.4, -0.2) is 49.8 Å². The Bertz CT molecular complexity index is 469. The summed E-state index contributed by atoms with van der Waals surface area (Å²) in [6.07, 6.45) is -1.35. The highest BCUT2D eigenvalue weighted by atomic mass is 16.5. The minimum atomic E-state index is -1.35. The van der Waals surface area contributed by atoms with Crippen molar-refractivity contribution < 1.29 is 19.4 Å². The number of aliphatic hydroxyl groups is 1. The highest BCUT2D eigenvalue weighted by molar-refractivity contribution is 5.94. The molecule has 1 amide bonds. The fraction of sp³-hybridized carbons (Fsp3) is 0.467.